The summed E-state index contributed by atoms with van der Waals surface area (Å²) < 4.78 is 5.98. The highest BCUT2D eigenvalue weighted by Gasteiger charge is 2.37. The standard InChI is InChI=1S/C23H21NO2/c1-13-12-26-19-9-8-16-21(20(19)23(13,2)3)24-18-11-15-7-5-4-6-14(15)10-17(18)22(16)25/h4-11,13H,12H2,1-3H3,(H,24,25). The molecule has 26 heavy (non-hydrogen) atoms. The molecular weight excluding hydrogens is 322 g/mol. The maximum atomic E-state index is 13.2. The van der Waals surface area contributed by atoms with Crippen LogP contribution < -0.4 is 10.2 Å². The van der Waals surface area contributed by atoms with Crippen molar-refractivity contribution in [2.75, 3.05) is 6.61 Å². The van der Waals surface area contributed by atoms with Gasteiger partial charge in [-0.25, -0.2) is 0 Å². The van der Waals surface area contributed by atoms with Gasteiger partial charge in [-0.1, -0.05) is 45.0 Å². The largest absolute Gasteiger partial charge is 0.493 e. The Morgan fingerprint density at radius 1 is 1.04 bits per heavy atom. The van der Waals surface area contributed by atoms with Crippen LogP contribution in [-0.4, -0.2) is 11.6 Å². The summed E-state index contributed by atoms with van der Waals surface area (Å²) in [7, 11) is 0. The summed E-state index contributed by atoms with van der Waals surface area (Å²) in [6.45, 7) is 7.38. The van der Waals surface area contributed by atoms with Crippen molar-refractivity contribution in [3.8, 4) is 5.75 Å². The summed E-state index contributed by atoms with van der Waals surface area (Å²) in [6.07, 6.45) is 0. The normalized spacial score (nSPS) is 18.8. The monoisotopic (exact) mass is 343 g/mol. The number of pyridine rings is 1. The van der Waals surface area contributed by atoms with Gasteiger partial charge in [0.15, 0.2) is 5.43 Å². The van der Waals surface area contributed by atoms with Crippen molar-refractivity contribution < 1.29 is 4.74 Å². The van der Waals surface area contributed by atoms with Crippen LogP contribution >= 0.6 is 0 Å². The lowest BCUT2D eigenvalue weighted by Gasteiger charge is -2.38. The molecule has 0 saturated heterocycles. The molecule has 0 spiro atoms. The van der Waals surface area contributed by atoms with E-state index in [-0.39, 0.29) is 10.8 Å². The Hall–Kier alpha value is -2.81. The first kappa shape index (κ1) is 15.4. The summed E-state index contributed by atoms with van der Waals surface area (Å²) in [5.74, 6) is 1.26. The van der Waals surface area contributed by atoms with Crippen LogP contribution in [0.1, 0.15) is 26.3 Å². The molecule has 0 aliphatic carbocycles. The molecule has 130 valence electrons. The second kappa shape index (κ2) is 5.10. The van der Waals surface area contributed by atoms with Gasteiger partial charge >= 0.3 is 0 Å². The fraction of sp³-hybridized carbons (Fsp3) is 0.261. The summed E-state index contributed by atoms with van der Waals surface area (Å²) in [6, 6.07) is 16.1. The molecule has 1 aliphatic heterocycles. The van der Waals surface area contributed by atoms with Gasteiger partial charge in [0, 0.05) is 21.8 Å². The second-order valence-electron chi connectivity index (χ2n) is 7.99. The first-order valence-electron chi connectivity index (χ1n) is 9.11. The van der Waals surface area contributed by atoms with Crippen LogP contribution in [0.25, 0.3) is 32.6 Å². The van der Waals surface area contributed by atoms with Crippen molar-refractivity contribution in [2.45, 2.75) is 26.2 Å². The molecule has 1 N–H and O–H groups in total. The third-order valence-corrected chi connectivity index (χ3v) is 6.17. The molecule has 0 fully saturated rings. The highest BCUT2D eigenvalue weighted by atomic mass is 16.5. The van der Waals surface area contributed by atoms with E-state index in [1.54, 1.807) is 0 Å². The van der Waals surface area contributed by atoms with E-state index in [2.05, 4.69) is 37.9 Å². The molecule has 4 aromatic rings. The minimum Gasteiger partial charge on any atom is -0.493 e. The zero-order chi connectivity index (χ0) is 18.1. The number of rotatable bonds is 0. The van der Waals surface area contributed by atoms with Crippen LogP contribution in [0.4, 0.5) is 0 Å². The fourth-order valence-corrected chi connectivity index (χ4v) is 4.14. The number of aromatic nitrogens is 1. The maximum absolute atomic E-state index is 13.2. The fourth-order valence-electron chi connectivity index (χ4n) is 4.14. The number of hydrogen-bond donors (Lipinski definition) is 1. The topological polar surface area (TPSA) is 42.1 Å². The summed E-state index contributed by atoms with van der Waals surface area (Å²) in [5, 5.41) is 3.68. The minimum atomic E-state index is -0.0689. The van der Waals surface area contributed by atoms with Gasteiger partial charge in [-0.2, -0.15) is 0 Å². The molecule has 2 heterocycles. The van der Waals surface area contributed by atoms with Gasteiger partial charge in [0.05, 0.1) is 17.6 Å². The highest BCUT2D eigenvalue weighted by Crippen LogP contribution is 2.44. The van der Waals surface area contributed by atoms with Crippen LogP contribution in [0.2, 0.25) is 0 Å². The number of benzene rings is 3. The van der Waals surface area contributed by atoms with Crippen LogP contribution in [-0.2, 0) is 5.41 Å². The molecule has 1 aromatic heterocycles. The zero-order valence-electron chi connectivity index (χ0n) is 15.2. The van der Waals surface area contributed by atoms with E-state index in [0.29, 0.717) is 12.5 Å². The smallest absolute Gasteiger partial charge is 0.197 e. The van der Waals surface area contributed by atoms with E-state index in [1.165, 1.54) is 0 Å². The average Bonchev–Trinajstić information content (AvgIpc) is 2.63. The van der Waals surface area contributed by atoms with E-state index in [1.807, 2.05) is 36.4 Å². The molecule has 5 rings (SSSR count). The van der Waals surface area contributed by atoms with E-state index < -0.39 is 0 Å². The SMILES string of the molecule is CC1COc2ccc3c(=O)c4cc5ccccc5cc4[nH]c3c2C1(C)C. The number of H-pyrrole nitrogens is 1. The molecule has 3 nitrogen and oxygen atoms in total. The predicted molar refractivity (Wildman–Crippen MR) is 107 cm³/mol. The van der Waals surface area contributed by atoms with E-state index in [9.17, 15) is 4.79 Å². The summed E-state index contributed by atoms with van der Waals surface area (Å²) in [4.78, 5) is 16.8. The van der Waals surface area contributed by atoms with Gasteiger partial charge in [-0.15, -0.1) is 0 Å². The second-order valence-corrected chi connectivity index (χ2v) is 7.99. The molecule has 1 unspecified atom stereocenters. The number of hydrogen-bond acceptors (Lipinski definition) is 2. The van der Waals surface area contributed by atoms with Crippen molar-refractivity contribution in [1.82, 2.24) is 4.98 Å². The van der Waals surface area contributed by atoms with E-state index in [0.717, 1.165) is 43.9 Å². The lowest BCUT2D eigenvalue weighted by atomic mass is 9.72. The van der Waals surface area contributed by atoms with Crippen molar-refractivity contribution in [1.29, 1.82) is 0 Å². The van der Waals surface area contributed by atoms with Crippen molar-refractivity contribution in [2.24, 2.45) is 5.92 Å². The molecule has 0 saturated carbocycles. The third kappa shape index (κ3) is 1.97. The predicted octanol–water partition coefficient (Wildman–Crippen LogP) is 5.14. The molecule has 0 amide bonds. The molecule has 1 aliphatic rings. The van der Waals surface area contributed by atoms with Crippen molar-refractivity contribution in [3.63, 3.8) is 0 Å². The number of aromatic amines is 1. The van der Waals surface area contributed by atoms with E-state index >= 15 is 0 Å². The molecule has 1 atom stereocenters. The molecule has 3 heteroatoms. The van der Waals surface area contributed by atoms with Crippen molar-refractivity contribution >= 4 is 32.6 Å². The Kier molecular flexibility index (Phi) is 3.03. The Morgan fingerprint density at radius 3 is 2.54 bits per heavy atom. The third-order valence-electron chi connectivity index (χ3n) is 6.17. The zero-order valence-corrected chi connectivity index (χ0v) is 15.2. The molecular formula is C23H21NO2. The van der Waals surface area contributed by atoms with Gasteiger partial charge in [0.2, 0.25) is 0 Å². The number of fused-ring (bicyclic) bond motifs is 5. The van der Waals surface area contributed by atoms with Gasteiger partial charge in [-0.3, -0.25) is 4.79 Å². The molecule has 0 radical (unpaired) electrons. The Balaban J connectivity index is 1.96. The first-order valence-corrected chi connectivity index (χ1v) is 9.11. The number of ether oxygens (including phenoxy) is 1. The average molecular weight is 343 g/mol. The quantitative estimate of drug-likeness (QED) is 0.449. The minimum absolute atomic E-state index is 0.0689. The maximum Gasteiger partial charge on any atom is 0.197 e. The van der Waals surface area contributed by atoms with Crippen LogP contribution in [0.3, 0.4) is 0 Å². The van der Waals surface area contributed by atoms with E-state index in [4.69, 9.17) is 4.74 Å². The van der Waals surface area contributed by atoms with Gasteiger partial charge in [0.1, 0.15) is 5.75 Å². The molecule has 3 aromatic carbocycles. The van der Waals surface area contributed by atoms with Crippen LogP contribution in [0.15, 0.2) is 53.3 Å². The van der Waals surface area contributed by atoms with Gasteiger partial charge in [-0.05, 0) is 41.0 Å². The van der Waals surface area contributed by atoms with Crippen LogP contribution in [0.5, 0.6) is 5.75 Å². The summed E-state index contributed by atoms with van der Waals surface area (Å²) in [5.41, 5.74) is 2.91. The lowest BCUT2D eigenvalue weighted by Crippen LogP contribution is -2.36. The Morgan fingerprint density at radius 2 is 1.77 bits per heavy atom. The first-order chi connectivity index (χ1) is 12.5. The summed E-state index contributed by atoms with van der Waals surface area (Å²) >= 11 is 0. The van der Waals surface area contributed by atoms with Gasteiger partial charge in [0.25, 0.3) is 0 Å². The molecule has 0 bridgehead atoms. The highest BCUT2D eigenvalue weighted by molar-refractivity contribution is 6.02. The van der Waals surface area contributed by atoms with Gasteiger partial charge < -0.3 is 9.72 Å². The number of nitrogens with one attached hydrogen (secondary N) is 1. The lowest BCUT2D eigenvalue weighted by molar-refractivity contribution is 0.165. The van der Waals surface area contributed by atoms with Crippen LogP contribution in [0, 0.1) is 5.92 Å². The Bertz CT molecular complexity index is 1250. The Labute approximate surface area is 151 Å². The van der Waals surface area contributed by atoms with Crippen molar-refractivity contribution in [3.05, 3.63) is 64.3 Å².